The van der Waals surface area contributed by atoms with Gasteiger partial charge in [0, 0.05) is 31.0 Å². The van der Waals surface area contributed by atoms with E-state index in [0.717, 1.165) is 30.4 Å². The monoisotopic (exact) mass is 412 g/mol. The minimum absolute atomic E-state index is 0.0919. The first-order chi connectivity index (χ1) is 12.8. The van der Waals surface area contributed by atoms with Crippen molar-refractivity contribution < 1.29 is 17.6 Å². The molecule has 1 heterocycles. The van der Waals surface area contributed by atoms with Gasteiger partial charge in [-0.15, -0.1) is 0 Å². The summed E-state index contributed by atoms with van der Waals surface area (Å²) in [5, 5.41) is 3.32. The van der Waals surface area contributed by atoms with Crippen LogP contribution in [0.15, 0.2) is 41.0 Å². The fraction of sp³-hybridized carbons (Fsp3) is 0.421. The molecule has 0 aliphatic rings. The molecule has 1 aromatic carbocycles. The molecule has 2 aromatic rings. The van der Waals surface area contributed by atoms with E-state index >= 15 is 0 Å². The van der Waals surface area contributed by atoms with Crippen LogP contribution in [0.1, 0.15) is 30.6 Å². The second-order valence-electron chi connectivity index (χ2n) is 6.40. The first-order valence-corrected chi connectivity index (χ1v) is 11.0. The number of hydrogen-bond donors (Lipinski definition) is 1. The molecule has 0 atom stereocenters. The van der Waals surface area contributed by atoms with E-state index in [2.05, 4.69) is 5.32 Å². The average Bonchev–Trinajstić information content (AvgIpc) is 3.10. The molecule has 0 aliphatic heterocycles. The van der Waals surface area contributed by atoms with Crippen LogP contribution in [-0.2, 0) is 21.2 Å². The standard InChI is InChI=1S/C19H25ClN2O4S/c1-15-9-10-16(20)14-18(15)22(27(2,24)25)12-4-8-19(23)21-11-3-6-17-7-5-13-26-17/h5,7,9-10,13-14H,3-4,6,8,11-12H2,1-2H3,(H,21,23). The Balaban J connectivity index is 1.81. The molecular weight excluding hydrogens is 388 g/mol. The predicted octanol–water partition coefficient (Wildman–Crippen LogP) is 3.54. The lowest BCUT2D eigenvalue weighted by molar-refractivity contribution is -0.121. The molecule has 8 heteroatoms. The molecule has 1 amide bonds. The highest BCUT2D eigenvalue weighted by molar-refractivity contribution is 7.92. The van der Waals surface area contributed by atoms with Crippen LogP contribution in [-0.4, -0.2) is 33.7 Å². The van der Waals surface area contributed by atoms with Crippen molar-refractivity contribution in [2.75, 3.05) is 23.7 Å². The first kappa shape index (κ1) is 21.3. The van der Waals surface area contributed by atoms with Crippen molar-refractivity contribution in [1.82, 2.24) is 5.32 Å². The third-order valence-electron chi connectivity index (χ3n) is 4.11. The second-order valence-corrected chi connectivity index (χ2v) is 8.75. The summed E-state index contributed by atoms with van der Waals surface area (Å²) in [7, 11) is -3.47. The number of halogens is 1. The van der Waals surface area contributed by atoms with Gasteiger partial charge in [-0.3, -0.25) is 9.10 Å². The number of amides is 1. The van der Waals surface area contributed by atoms with E-state index in [9.17, 15) is 13.2 Å². The van der Waals surface area contributed by atoms with Crippen molar-refractivity contribution in [2.24, 2.45) is 0 Å². The number of carbonyl (C=O) groups is 1. The van der Waals surface area contributed by atoms with Gasteiger partial charge in [0.2, 0.25) is 15.9 Å². The number of hydrogen-bond acceptors (Lipinski definition) is 4. The van der Waals surface area contributed by atoms with Crippen LogP contribution in [0.5, 0.6) is 0 Å². The van der Waals surface area contributed by atoms with Gasteiger partial charge in [-0.2, -0.15) is 0 Å². The van der Waals surface area contributed by atoms with Gasteiger partial charge in [-0.05, 0) is 49.6 Å². The van der Waals surface area contributed by atoms with E-state index in [1.165, 1.54) is 4.31 Å². The van der Waals surface area contributed by atoms with Gasteiger partial charge in [-0.1, -0.05) is 17.7 Å². The van der Waals surface area contributed by atoms with Gasteiger partial charge in [0.1, 0.15) is 5.76 Å². The SMILES string of the molecule is Cc1ccc(Cl)cc1N(CCCC(=O)NCCCc1ccco1)S(C)(=O)=O. The molecule has 0 unspecified atom stereocenters. The van der Waals surface area contributed by atoms with Crippen molar-refractivity contribution in [3.8, 4) is 0 Å². The van der Waals surface area contributed by atoms with Gasteiger partial charge in [0.05, 0.1) is 18.2 Å². The molecule has 0 saturated carbocycles. The molecule has 6 nitrogen and oxygen atoms in total. The Hall–Kier alpha value is -1.99. The number of aryl methyl sites for hydroxylation is 2. The number of nitrogens with one attached hydrogen (secondary N) is 1. The summed E-state index contributed by atoms with van der Waals surface area (Å²) in [6, 6.07) is 8.87. The maximum atomic E-state index is 12.2. The lowest BCUT2D eigenvalue weighted by Gasteiger charge is -2.24. The lowest BCUT2D eigenvalue weighted by Crippen LogP contribution is -2.32. The third-order valence-corrected chi connectivity index (χ3v) is 5.52. The van der Waals surface area contributed by atoms with Crippen LogP contribution >= 0.6 is 11.6 Å². The van der Waals surface area contributed by atoms with Crippen molar-refractivity contribution in [3.63, 3.8) is 0 Å². The van der Waals surface area contributed by atoms with Crippen LogP contribution < -0.4 is 9.62 Å². The molecule has 0 spiro atoms. The topological polar surface area (TPSA) is 79.6 Å². The highest BCUT2D eigenvalue weighted by atomic mass is 35.5. The average molecular weight is 413 g/mol. The first-order valence-electron chi connectivity index (χ1n) is 8.80. The second kappa shape index (κ2) is 9.80. The molecule has 0 bridgehead atoms. The molecule has 0 fully saturated rings. The van der Waals surface area contributed by atoms with E-state index in [1.807, 2.05) is 19.1 Å². The van der Waals surface area contributed by atoms with Crippen LogP contribution in [0.25, 0.3) is 0 Å². The van der Waals surface area contributed by atoms with Gasteiger partial charge >= 0.3 is 0 Å². The van der Waals surface area contributed by atoms with E-state index in [1.54, 1.807) is 24.5 Å². The van der Waals surface area contributed by atoms with Gasteiger partial charge in [0.25, 0.3) is 0 Å². The minimum Gasteiger partial charge on any atom is -0.469 e. The van der Waals surface area contributed by atoms with Crippen LogP contribution in [0.3, 0.4) is 0 Å². The van der Waals surface area contributed by atoms with Crippen LogP contribution in [0.2, 0.25) is 5.02 Å². The number of nitrogens with zero attached hydrogens (tertiary/aromatic N) is 1. The summed E-state index contributed by atoms with van der Waals surface area (Å²) < 4.78 is 30.9. The molecule has 27 heavy (non-hydrogen) atoms. The Morgan fingerprint density at radius 1 is 1.26 bits per heavy atom. The molecular formula is C19H25ClN2O4S. The van der Waals surface area contributed by atoms with Crippen molar-refractivity contribution in [3.05, 3.63) is 52.9 Å². The smallest absolute Gasteiger partial charge is 0.232 e. The highest BCUT2D eigenvalue weighted by Gasteiger charge is 2.19. The number of carbonyl (C=O) groups excluding carboxylic acids is 1. The molecule has 1 aromatic heterocycles. The van der Waals surface area contributed by atoms with Gasteiger partial charge in [-0.25, -0.2) is 8.42 Å². The summed E-state index contributed by atoms with van der Waals surface area (Å²) >= 11 is 6.01. The molecule has 0 saturated heterocycles. The number of sulfonamides is 1. The highest BCUT2D eigenvalue weighted by Crippen LogP contribution is 2.26. The van der Waals surface area contributed by atoms with Gasteiger partial charge < -0.3 is 9.73 Å². The summed E-state index contributed by atoms with van der Waals surface area (Å²) in [6.45, 7) is 2.61. The van der Waals surface area contributed by atoms with E-state index in [-0.39, 0.29) is 18.9 Å². The zero-order chi connectivity index (χ0) is 19.9. The normalized spacial score (nSPS) is 11.4. The Kier molecular flexibility index (Phi) is 7.74. The van der Waals surface area contributed by atoms with Crippen LogP contribution in [0.4, 0.5) is 5.69 Å². The predicted molar refractivity (Wildman–Crippen MR) is 108 cm³/mol. The maximum absolute atomic E-state index is 12.2. The summed E-state index contributed by atoms with van der Waals surface area (Å²) in [6.07, 6.45) is 5.01. The fourth-order valence-electron chi connectivity index (χ4n) is 2.73. The number of benzene rings is 1. The summed E-state index contributed by atoms with van der Waals surface area (Å²) in [5.74, 6) is 0.802. The quantitative estimate of drug-likeness (QED) is 0.605. The number of anilines is 1. The number of rotatable bonds is 10. The van der Waals surface area contributed by atoms with Crippen LogP contribution in [0, 0.1) is 6.92 Å². The van der Waals surface area contributed by atoms with Crippen molar-refractivity contribution >= 4 is 33.2 Å². The third kappa shape index (κ3) is 6.92. The Morgan fingerprint density at radius 3 is 2.70 bits per heavy atom. The molecule has 1 N–H and O–H groups in total. The van der Waals surface area contributed by atoms with E-state index in [0.29, 0.717) is 23.7 Å². The largest absolute Gasteiger partial charge is 0.469 e. The van der Waals surface area contributed by atoms with E-state index in [4.69, 9.17) is 16.0 Å². The summed E-state index contributed by atoms with van der Waals surface area (Å²) in [5.41, 5.74) is 1.36. The number of furan rings is 1. The van der Waals surface area contributed by atoms with Crippen molar-refractivity contribution in [2.45, 2.75) is 32.6 Å². The summed E-state index contributed by atoms with van der Waals surface area (Å²) in [4.78, 5) is 12.0. The zero-order valence-electron chi connectivity index (χ0n) is 15.6. The Labute approximate surface area is 165 Å². The maximum Gasteiger partial charge on any atom is 0.232 e. The molecule has 0 radical (unpaired) electrons. The molecule has 148 valence electrons. The fourth-order valence-corrected chi connectivity index (χ4v) is 3.91. The lowest BCUT2D eigenvalue weighted by atomic mass is 10.2. The Morgan fingerprint density at radius 2 is 2.04 bits per heavy atom. The Bertz CT molecular complexity index is 851. The van der Waals surface area contributed by atoms with Crippen molar-refractivity contribution in [1.29, 1.82) is 0 Å². The molecule has 2 rings (SSSR count). The molecule has 0 aliphatic carbocycles. The minimum atomic E-state index is -3.47. The van der Waals surface area contributed by atoms with Gasteiger partial charge in [0.15, 0.2) is 0 Å². The zero-order valence-corrected chi connectivity index (χ0v) is 17.1. The van der Waals surface area contributed by atoms with E-state index < -0.39 is 10.0 Å².